The highest BCUT2D eigenvalue weighted by molar-refractivity contribution is 5.96. The molecular weight excluding hydrogens is 550 g/mol. The van der Waals surface area contributed by atoms with Gasteiger partial charge in [0.25, 0.3) is 5.56 Å². The number of hydrogen-bond acceptors (Lipinski definition) is 6. The molecule has 0 saturated heterocycles. The monoisotopic (exact) mass is 586 g/mol. The maximum absolute atomic E-state index is 14.8. The molecule has 13 heteroatoms. The van der Waals surface area contributed by atoms with Crippen LogP contribution in [0, 0.1) is 17.6 Å². The Balaban J connectivity index is 1.85. The molecular formula is C29H36F2N6O5. The molecule has 11 nitrogen and oxygen atoms in total. The lowest BCUT2D eigenvalue weighted by atomic mass is 10.0. The van der Waals surface area contributed by atoms with Crippen molar-refractivity contribution in [3.63, 3.8) is 0 Å². The first-order valence-corrected chi connectivity index (χ1v) is 13.4. The number of rotatable bonds is 11. The molecule has 0 aliphatic rings. The second-order valence-electron chi connectivity index (χ2n) is 10.4. The first-order valence-electron chi connectivity index (χ1n) is 13.4. The van der Waals surface area contributed by atoms with Crippen LogP contribution < -0.4 is 16.2 Å². The fourth-order valence-electron chi connectivity index (χ4n) is 4.35. The van der Waals surface area contributed by atoms with Gasteiger partial charge in [0.2, 0.25) is 11.8 Å². The normalized spacial score (nSPS) is 12.1. The van der Waals surface area contributed by atoms with Crippen LogP contribution in [0.15, 0.2) is 41.3 Å². The fraction of sp³-hybridized carbons (Fsp3) is 0.414. The first kappa shape index (κ1) is 32.0. The summed E-state index contributed by atoms with van der Waals surface area (Å²) in [4.78, 5) is 55.8. The zero-order chi connectivity index (χ0) is 31.1. The van der Waals surface area contributed by atoms with E-state index in [9.17, 15) is 28.0 Å². The van der Waals surface area contributed by atoms with Gasteiger partial charge < -0.3 is 29.4 Å². The molecule has 1 atom stereocenters. The van der Waals surface area contributed by atoms with Crippen LogP contribution in [0.3, 0.4) is 0 Å². The molecule has 0 unspecified atom stereocenters. The molecule has 2 heterocycles. The minimum absolute atomic E-state index is 0.0611. The van der Waals surface area contributed by atoms with Gasteiger partial charge in [0.15, 0.2) is 5.82 Å². The third-order valence-electron chi connectivity index (χ3n) is 6.56. The Hall–Kier alpha value is -4.55. The van der Waals surface area contributed by atoms with E-state index >= 15 is 0 Å². The average Bonchev–Trinajstić information content (AvgIpc) is 3.25. The Morgan fingerprint density at radius 3 is 2.55 bits per heavy atom. The van der Waals surface area contributed by atoms with Crippen molar-refractivity contribution in [2.45, 2.75) is 45.7 Å². The molecule has 2 N–H and O–H groups in total. The summed E-state index contributed by atoms with van der Waals surface area (Å²) in [5.41, 5.74) is 0.0165. The third-order valence-corrected chi connectivity index (χ3v) is 6.56. The summed E-state index contributed by atoms with van der Waals surface area (Å²) in [6.07, 6.45) is 4.36. The van der Waals surface area contributed by atoms with Crippen molar-refractivity contribution in [1.29, 1.82) is 0 Å². The van der Waals surface area contributed by atoms with Crippen molar-refractivity contribution >= 4 is 34.6 Å². The van der Waals surface area contributed by atoms with Crippen LogP contribution in [0.5, 0.6) is 0 Å². The smallest absolute Gasteiger partial charge is 0.407 e. The SMILES string of the molecule is COC(=O)N[C@@H](CC/C=C/C(=O)N(C)C)C(=O)Nc1cccn(Cc2nc3c(CC(C)C)c(F)cc(F)c3n2C)c1=O. The van der Waals surface area contributed by atoms with Gasteiger partial charge in [0, 0.05) is 39.0 Å². The van der Waals surface area contributed by atoms with E-state index in [2.05, 4.69) is 20.4 Å². The number of nitrogens with one attached hydrogen (secondary N) is 2. The lowest BCUT2D eigenvalue weighted by molar-refractivity contribution is -0.123. The Morgan fingerprint density at radius 2 is 1.90 bits per heavy atom. The van der Waals surface area contributed by atoms with E-state index in [0.29, 0.717) is 17.8 Å². The van der Waals surface area contributed by atoms with Gasteiger partial charge in [0.1, 0.15) is 28.9 Å². The zero-order valence-electron chi connectivity index (χ0n) is 24.5. The Labute approximate surface area is 242 Å². The molecule has 0 aliphatic heterocycles. The van der Waals surface area contributed by atoms with Crippen molar-refractivity contribution in [3.05, 3.63) is 69.9 Å². The molecule has 226 valence electrons. The van der Waals surface area contributed by atoms with Gasteiger partial charge in [-0.3, -0.25) is 14.4 Å². The molecule has 3 amide bonds. The summed E-state index contributed by atoms with van der Waals surface area (Å²) >= 11 is 0. The number of imidazole rings is 1. The fourth-order valence-corrected chi connectivity index (χ4v) is 4.35. The minimum Gasteiger partial charge on any atom is -0.453 e. The van der Waals surface area contributed by atoms with Crippen molar-refractivity contribution in [2.75, 3.05) is 26.5 Å². The van der Waals surface area contributed by atoms with Gasteiger partial charge in [-0.15, -0.1) is 0 Å². The number of fused-ring (bicyclic) bond motifs is 1. The minimum atomic E-state index is -1.07. The molecule has 0 spiro atoms. The molecule has 0 bridgehead atoms. The third kappa shape index (κ3) is 7.59. The number of methoxy groups -OCH3 is 1. The van der Waals surface area contributed by atoms with E-state index in [1.165, 1.54) is 32.4 Å². The number of carbonyl (C=O) groups is 3. The first-order chi connectivity index (χ1) is 19.8. The predicted octanol–water partition coefficient (Wildman–Crippen LogP) is 3.35. The van der Waals surface area contributed by atoms with Crippen molar-refractivity contribution in [3.8, 4) is 0 Å². The Bertz CT molecular complexity index is 1560. The van der Waals surface area contributed by atoms with Crippen LogP contribution in [0.4, 0.5) is 19.3 Å². The highest BCUT2D eigenvalue weighted by Crippen LogP contribution is 2.27. The Morgan fingerprint density at radius 1 is 1.19 bits per heavy atom. The number of amides is 3. The highest BCUT2D eigenvalue weighted by atomic mass is 19.1. The van der Waals surface area contributed by atoms with Crippen LogP contribution in [0.2, 0.25) is 0 Å². The maximum atomic E-state index is 14.8. The lowest BCUT2D eigenvalue weighted by Gasteiger charge is -2.17. The van der Waals surface area contributed by atoms with E-state index in [1.54, 1.807) is 33.3 Å². The van der Waals surface area contributed by atoms with Crippen molar-refractivity contribution in [1.82, 2.24) is 24.3 Å². The average molecular weight is 587 g/mol. The van der Waals surface area contributed by atoms with Crippen LogP contribution in [-0.4, -0.2) is 64.2 Å². The summed E-state index contributed by atoms with van der Waals surface area (Å²) < 4.78 is 36.8. The number of anilines is 1. The largest absolute Gasteiger partial charge is 0.453 e. The van der Waals surface area contributed by atoms with Crippen LogP contribution >= 0.6 is 0 Å². The highest BCUT2D eigenvalue weighted by Gasteiger charge is 2.23. The van der Waals surface area contributed by atoms with Crippen LogP contribution in [-0.2, 0) is 34.3 Å². The molecule has 0 saturated carbocycles. The van der Waals surface area contributed by atoms with E-state index in [-0.39, 0.29) is 47.9 Å². The van der Waals surface area contributed by atoms with Gasteiger partial charge in [-0.1, -0.05) is 19.9 Å². The van der Waals surface area contributed by atoms with Gasteiger partial charge in [0.05, 0.1) is 19.2 Å². The Kier molecular flexibility index (Phi) is 10.6. The van der Waals surface area contributed by atoms with E-state index in [1.807, 2.05) is 13.8 Å². The van der Waals surface area contributed by atoms with Crippen LogP contribution in [0.1, 0.15) is 38.1 Å². The summed E-state index contributed by atoms with van der Waals surface area (Å²) in [6.45, 7) is 3.77. The number of hydrogen-bond donors (Lipinski definition) is 2. The van der Waals surface area contributed by atoms with Crippen molar-refractivity contribution < 1.29 is 27.9 Å². The summed E-state index contributed by atoms with van der Waals surface area (Å²) in [5.74, 6) is -1.90. The molecule has 3 aromatic rings. The molecule has 0 radical (unpaired) electrons. The molecule has 1 aromatic carbocycles. The van der Waals surface area contributed by atoms with Gasteiger partial charge in [-0.05, 0) is 43.4 Å². The van der Waals surface area contributed by atoms with Gasteiger partial charge >= 0.3 is 6.09 Å². The number of allylic oxidation sites excluding steroid dienone is 1. The van der Waals surface area contributed by atoms with Crippen molar-refractivity contribution in [2.24, 2.45) is 13.0 Å². The van der Waals surface area contributed by atoms with Gasteiger partial charge in [-0.25, -0.2) is 18.6 Å². The van der Waals surface area contributed by atoms with E-state index < -0.39 is 35.2 Å². The number of aromatic nitrogens is 3. The summed E-state index contributed by atoms with van der Waals surface area (Å²) in [6, 6.07) is 2.73. The molecule has 0 aliphatic carbocycles. The predicted molar refractivity (Wildman–Crippen MR) is 154 cm³/mol. The standard InChI is InChI=1S/C29H36F2N6O5/c1-17(2)14-18-19(30)15-20(31)26-25(18)34-23(36(26)5)16-37-13-9-11-22(28(37)40)32-27(39)21(33-29(41)42-6)10-7-8-12-24(38)35(3)4/h8-9,11-13,15,17,21H,7,10,14,16H2,1-6H3,(H,32,39)(H,33,41)/b12-8+/t21-/m0/s1. The molecule has 3 rings (SSSR count). The number of nitrogens with zero attached hydrogens (tertiary/aromatic N) is 4. The molecule has 42 heavy (non-hydrogen) atoms. The number of halogens is 2. The molecule has 0 fully saturated rings. The number of alkyl carbamates (subject to hydrolysis) is 1. The quantitative estimate of drug-likeness (QED) is 0.332. The lowest BCUT2D eigenvalue weighted by Crippen LogP contribution is -2.44. The number of benzene rings is 1. The second kappa shape index (κ2) is 13.9. The van der Waals surface area contributed by atoms with E-state index in [4.69, 9.17) is 0 Å². The maximum Gasteiger partial charge on any atom is 0.407 e. The number of carbonyl (C=O) groups excluding carboxylic acids is 3. The number of ether oxygens (including phenoxy) is 1. The zero-order valence-corrected chi connectivity index (χ0v) is 24.5. The summed E-state index contributed by atoms with van der Waals surface area (Å²) in [5, 5.41) is 4.98. The number of aryl methyl sites for hydroxylation is 1. The topological polar surface area (TPSA) is 128 Å². The number of likely N-dealkylation sites (N-methyl/N-ethyl adjacent to an activating group) is 1. The molecule has 2 aromatic heterocycles. The summed E-state index contributed by atoms with van der Waals surface area (Å²) in [7, 11) is 5.95. The van der Waals surface area contributed by atoms with Gasteiger partial charge in [-0.2, -0.15) is 0 Å². The van der Waals surface area contributed by atoms with Crippen LogP contribution in [0.25, 0.3) is 11.0 Å². The van der Waals surface area contributed by atoms with E-state index in [0.717, 1.165) is 13.2 Å². The number of pyridine rings is 1. The second-order valence-corrected chi connectivity index (χ2v) is 10.4.